The summed E-state index contributed by atoms with van der Waals surface area (Å²) in [5.74, 6) is 0. The molecule has 0 N–H and O–H groups in total. The summed E-state index contributed by atoms with van der Waals surface area (Å²) in [6.45, 7) is 8.12. The molecule has 0 aromatic heterocycles. The molecule has 1 aromatic rings. The van der Waals surface area contributed by atoms with Gasteiger partial charge < -0.3 is 14.2 Å². The Bertz CT molecular complexity index is 454. The van der Waals surface area contributed by atoms with Crippen molar-refractivity contribution < 1.29 is 14.1 Å². The predicted molar refractivity (Wildman–Crippen MR) is 76.6 cm³/mol. The predicted octanol–water partition coefficient (Wildman–Crippen LogP) is 1.58. The van der Waals surface area contributed by atoms with Gasteiger partial charge in [0.05, 0.1) is 11.2 Å². The second-order valence-electron chi connectivity index (χ2n) is 5.90. The third-order valence-electron chi connectivity index (χ3n) is 3.98. The highest BCUT2D eigenvalue weighted by Crippen LogP contribution is 2.36. The van der Waals surface area contributed by atoms with Crippen molar-refractivity contribution in [2.75, 3.05) is 11.9 Å². The average molecular weight is 261 g/mol. The third kappa shape index (κ3) is 2.53. The van der Waals surface area contributed by atoms with Gasteiger partial charge in [-0.1, -0.05) is 12.1 Å². The first-order chi connectivity index (χ1) is 8.77. The van der Waals surface area contributed by atoms with Gasteiger partial charge in [-0.3, -0.25) is 4.79 Å². The molecule has 2 rings (SSSR count). The van der Waals surface area contributed by atoms with Crippen LogP contribution in [0.15, 0.2) is 24.3 Å². The fourth-order valence-electron chi connectivity index (χ4n) is 1.91. The third-order valence-corrected chi connectivity index (χ3v) is 3.98. The standard InChI is InChI=1S/C14H20BNO3/c1-13(2)14(3,4)19-15(18-13)11-6-8-12(9-7-11)16(5)10-17/h6-10H,1-5H3. The molecule has 0 saturated carbocycles. The van der Waals surface area contributed by atoms with Gasteiger partial charge in [0, 0.05) is 12.7 Å². The van der Waals surface area contributed by atoms with E-state index in [1.807, 2.05) is 52.0 Å². The van der Waals surface area contributed by atoms with Crippen LogP contribution in [0, 0.1) is 0 Å². The van der Waals surface area contributed by atoms with Gasteiger partial charge in [-0.25, -0.2) is 0 Å². The first-order valence-electron chi connectivity index (χ1n) is 6.40. The average Bonchev–Trinajstić information content (AvgIpc) is 2.58. The molecule has 1 fully saturated rings. The molecule has 1 heterocycles. The Morgan fingerprint density at radius 2 is 1.53 bits per heavy atom. The molecule has 1 saturated heterocycles. The topological polar surface area (TPSA) is 38.8 Å². The zero-order valence-corrected chi connectivity index (χ0v) is 12.1. The molecule has 0 spiro atoms. The van der Waals surface area contributed by atoms with Crippen LogP contribution in [-0.4, -0.2) is 31.8 Å². The molecule has 5 heteroatoms. The number of carbonyl (C=O) groups is 1. The lowest BCUT2D eigenvalue weighted by Crippen LogP contribution is -2.41. The van der Waals surface area contributed by atoms with Gasteiger partial charge in [-0.2, -0.15) is 0 Å². The molecule has 0 radical (unpaired) electrons. The second kappa shape index (κ2) is 4.65. The van der Waals surface area contributed by atoms with Crippen LogP contribution in [0.2, 0.25) is 0 Å². The first-order valence-corrected chi connectivity index (χ1v) is 6.40. The smallest absolute Gasteiger partial charge is 0.399 e. The van der Waals surface area contributed by atoms with E-state index in [0.717, 1.165) is 17.6 Å². The second-order valence-corrected chi connectivity index (χ2v) is 5.90. The molecular weight excluding hydrogens is 241 g/mol. The molecular formula is C14H20BNO3. The molecule has 1 amide bonds. The maximum Gasteiger partial charge on any atom is 0.494 e. The lowest BCUT2D eigenvalue weighted by molar-refractivity contribution is -0.107. The van der Waals surface area contributed by atoms with Crippen LogP contribution in [0.5, 0.6) is 0 Å². The lowest BCUT2D eigenvalue weighted by Gasteiger charge is -2.32. The van der Waals surface area contributed by atoms with Crippen molar-refractivity contribution in [3.05, 3.63) is 24.3 Å². The quantitative estimate of drug-likeness (QED) is 0.612. The van der Waals surface area contributed by atoms with Crippen LogP contribution in [0.1, 0.15) is 27.7 Å². The summed E-state index contributed by atoms with van der Waals surface area (Å²) in [6.07, 6.45) is 0.782. The molecule has 19 heavy (non-hydrogen) atoms. The van der Waals surface area contributed by atoms with Crippen molar-refractivity contribution in [2.24, 2.45) is 0 Å². The maximum absolute atomic E-state index is 10.7. The fourth-order valence-corrected chi connectivity index (χ4v) is 1.91. The van der Waals surface area contributed by atoms with E-state index in [-0.39, 0.29) is 18.3 Å². The molecule has 1 aliphatic rings. The van der Waals surface area contributed by atoms with Gasteiger partial charge in [0.15, 0.2) is 0 Å². The highest BCUT2D eigenvalue weighted by Gasteiger charge is 2.51. The van der Waals surface area contributed by atoms with E-state index >= 15 is 0 Å². The number of amides is 1. The molecule has 1 aromatic carbocycles. The SMILES string of the molecule is CN(C=O)c1ccc(B2OC(C)(C)C(C)(C)O2)cc1. The minimum atomic E-state index is -0.361. The summed E-state index contributed by atoms with van der Waals surface area (Å²) < 4.78 is 11.9. The summed E-state index contributed by atoms with van der Waals surface area (Å²) in [6, 6.07) is 7.62. The van der Waals surface area contributed by atoms with E-state index in [1.165, 1.54) is 4.90 Å². The number of hydrogen-bond acceptors (Lipinski definition) is 3. The van der Waals surface area contributed by atoms with Crippen LogP contribution in [-0.2, 0) is 14.1 Å². The van der Waals surface area contributed by atoms with E-state index in [2.05, 4.69) is 0 Å². The summed E-state index contributed by atoms with van der Waals surface area (Å²) >= 11 is 0. The Morgan fingerprint density at radius 1 is 1.05 bits per heavy atom. The van der Waals surface area contributed by atoms with Crippen molar-refractivity contribution in [1.82, 2.24) is 0 Å². The van der Waals surface area contributed by atoms with Crippen LogP contribution >= 0.6 is 0 Å². The van der Waals surface area contributed by atoms with Crippen LogP contribution in [0.3, 0.4) is 0 Å². The van der Waals surface area contributed by atoms with Crippen LogP contribution in [0.4, 0.5) is 5.69 Å². The number of benzene rings is 1. The highest BCUT2D eigenvalue weighted by molar-refractivity contribution is 6.62. The number of carbonyl (C=O) groups excluding carboxylic acids is 1. The molecule has 0 atom stereocenters. The molecule has 0 bridgehead atoms. The van der Waals surface area contributed by atoms with Gasteiger partial charge >= 0.3 is 7.12 Å². The zero-order chi connectivity index (χ0) is 14.3. The fraction of sp³-hybridized carbons (Fsp3) is 0.500. The molecule has 102 valence electrons. The monoisotopic (exact) mass is 261 g/mol. The Kier molecular flexibility index (Phi) is 3.45. The van der Waals surface area contributed by atoms with Crippen molar-refractivity contribution in [2.45, 2.75) is 38.9 Å². The lowest BCUT2D eigenvalue weighted by atomic mass is 9.79. The van der Waals surface area contributed by atoms with Crippen molar-refractivity contribution in [3.63, 3.8) is 0 Å². The van der Waals surface area contributed by atoms with Crippen molar-refractivity contribution in [1.29, 1.82) is 0 Å². The summed E-state index contributed by atoms with van der Waals surface area (Å²) in [4.78, 5) is 12.2. The Morgan fingerprint density at radius 3 is 1.95 bits per heavy atom. The normalized spacial score (nSPS) is 20.4. The van der Waals surface area contributed by atoms with Gasteiger partial charge in [0.25, 0.3) is 0 Å². The number of hydrogen-bond donors (Lipinski definition) is 0. The van der Waals surface area contributed by atoms with Crippen molar-refractivity contribution >= 4 is 24.7 Å². The van der Waals surface area contributed by atoms with Gasteiger partial charge in [0.2, 0.25) is 6.41 Å². The number of nitrogens with zero attached hydrogens (tertiary/aromatic N) is 1. The molecule has 0 aliphatic carbocycles. The van der Waals surface area contributed by atoms with Crippen LogP contribution < -0.4 is 10.4 Å². The van der Waals surface area contributed by atoms with E-state index in [1.54, 1.807) is 7.05 Å². The highest BCUT2D eigenvalue weighted by atomic mass is 16.7. The van der Waals surface area contributed by atoms with E-state index < -0.39 is 0 Å². The maximum atomic E-state index is 10.7. The number of rotatable bonds is 3. The Hall–Kier alpha value is -1.33. The minimum Gasteiger partial charge on any atom is -0.399 e. The molecule has 0 unspecified atom stereocenters. The summed E-state index contributed by atoms with van der Waals surface area (Å²) in [5, 5.41) is 0. The first kappa shape index (κ1) is 14.1. The Balaban J connectivity index is 2.19. The van der Waals surface area contributed by atoms with Gasteiger partial charge in [0.1, 0.15) is 0 Å². The molecule has 4 nitrogen and oxygen atoms in total. The van der Waals surface area contributed by atoms with E-state index in [4.69, 9.17) is 9.31 Å². The summed E-state index contributed by atoms with van der Waals surface area (Å²) in [7, 11) is 1.36. The van der Waals surface area contributed by atoms with Crippen molar-refractivity contribution in [3.8, 4) is 0 Å². The zero-order valence-electron chi connectivity index (χ0n) is 12.1. The Labute approximate surface area is 114 Å². The van der Waals surface area contributed by atoms with Gasteiger partial charge in [-0.15, -0.1) is 0 Å². The molecule has 1 aliphatic heterocycles. The van der Waals surface area contributed by atoms with Crippen LogP contribution in [0.25, 0.3) is 0 Å². The summed E-state index contributed by atoms with van der Waals surface area (Å²) in [5.41, 5.74) is 1.13. The van der Waals surface area contributed by atoms with Gasteiger partial charge in [-0.05, 0) is 45.3 Å². The largest absolute Gasteiger partial charge is 0.494 e. The number of anilines is 1. The van der Waals surface area contributed by atoms with E-state index in [9.17, 15) is 4.79 Å². The minimum absolute atomic E-state index is 0.337. The van der Waals surface area contributed by atoms with E-state index in [0.29, 0.717) is 0 Å².